The van der Waals surface area contributed by atoms with E-state index in [9.17, 15) is 14.7 Å². The van der Waals surface area contributed by atoms with Gasteiger partial charge >= 0.3 is 5.97 Å². The zero-order valence-electron chi connectivity index (χ0n) is 12.0. The lowest BCUT2D eigenvalue weighted by Gasteiger charge is -2.38. The van der Waals surface area contributed by atoms with E-state index in [-0.39, 0.29) is 24.2 Å². The van der Waals surface area contributed by atoms with Crippen LogP contribution in [-0.4, -0.2) is 48.3 Å². The summed E-state index contributed by atoms with van der Waals surface area (Å²) in [5, 5.41) is 15.2. The lowest BCUT2D eigenvalue weighted by Crippen LogP contribution is -2.60. The van der Waals surface area contributed by atoms with Gasteiger partial charge in [0, 0.05) is 19.1 Å². The Morgan fingerprint density at radius 2 is 2.00 bits per heavy atom. The van der Waals surface area contributed by atoms with Gasteiger partial charge in [-0.1, -0.05) is 19.3 Å². The fourth-order valence-electron chi connectivity index (χ4n) is 2.84. The number of carbonyl (C=O) groups is 2. The minimum Gasteiger partial charge on any atom is -0.481 e. The predicted molar refractivity (Wildman–Crippen MR) is 73.4 cm³/mol. The topological polar surface area (TPSA) is 87.7 Å². The van der Waals surface area contributed by atoms with Gasteiger partial charge in [-0.15, -0.1) is 0 Å². The largest absolute Gasteiger partial charge is 0.481 e. The average Bonchev–Trinajstić information content (AvgIpc) is 2.59. The molecule has 1 heterocycles. The molecule has 1 saturated heterocycles. The third-order valence-corrected chi connectivity index (χ3v) is 4.23. The summed E-state index contributed by atoms with van der Waals surface area (Å²) in [6.45, 7) is 3.46. The van der Waals surface area contributed by atoms with E-state index in [1.807, 2.05) is 6.92 Å². The molecule has 0 aromatic carbocycles. The molecule has 0 aromatic rings. The van der Waals surface area contributed by atoms with Crippen LogP contribution in [0.3, 0.4) is 0 Å². The first-order valence-corrected chi connectivity index (χ1v) is 7.37. The number of hydrogen-bond donors (Lipinski definition) is 3. The Kier molecular flexibility index (Phi) is 4.99. The summed E-state index contributed by atoms with van der Waals surface area (Å²) in [4.78, 5) is 23.2. The summed E-state index contributed by atoms with van der Waals surface area (Å²) in [6.07, 6.45) is 4.31. The Morgan fingerprint density at radius 1 is 1.30 bits per heavy atom. The number of hydrogen-bond acceptors (Lipinski definition) is 4. The molecule has 0 bridgehead atoms. The molecule has 114 valence electrons. The van der Waals surface area contributed by atoms with Gasteiger partial charge in [0.15, 0.2) is 0 Å². The minimum atomic E-state index is -0.812. The van der Waals surface area contributed by atoms with Gasteiger partial charge in [-0.3, -0.25) is 9.59 Å². The minimum absolute atomic E-state index is 0.00101. The number of ether oxygens (including phenoxy) is 1. The van der Waals surface area contributed by atoms with Gasteiger partial charge in [-0.05, 0) is 19.8 Å². The first-order valence-electron chi connectivity index (χ1n) is 7.37. The summed E-state index contributed by atoms with van der Waals surface area (Å²) in [5.74, 6) is -1.49. The van der Waals surface area contributed by atoms with E-state index >= 15 is 0 Å². The highest BCUT2D eigenvalue weighted by molar-refractivity contribution is 5.79. The van der Waals surface area contributed by atoms with Crippen LogP contribution in [0.1, 0.15) is 39.0 Å². The van der Waals surface area contributed by atoms with Crippen molar-refractivity contribution >= 4 is 11.9 Å². The second-order valence-corrected chi connectivity index (χ2v) is 6.10. The monoisotopic (exact) mass is 284 g/mol. The molecule has 2 rings (SSSR count). The number of carboxylic acids is 1. The molecule has 20 heavy (non-hydrogen) atoms. The summed E-state index contributed by atoms with van der Waals surface area (Å²) >= 11 is 0. The van der Waals surface area contributed by atoms with Crippen molar-refractivity contribution in [2.24, 2.45) is 5.92 Å². The molecule has 2 unspecified atom stereocenters. The standard InChI is InChI=1S/C14H24N2O4/c1-14(8-15-9-14)20-7-12(17)16-11-6-4-2-3-5-10(11)13(18)19/h10-11,15H,2-9H2,1H3,(H,16,17)(H,18,19). The maximum atomic E-state index is 11.9. The highest BCUT2D eigenvalue weighted by atomic mass is 16.5. The van der Waals surface area contributed by atoms with Crippen LogP contribution in [-0.2, 0) is 14.3 Å². The van der Waals surface area contributed by atoms with Crippen LogP contribution in [0.2, 0.25) is 0 Å². The van der Waals surface area contributed by atoms with Crippen LogP contribution < -0.4 is 10.6 Å². The van der Waals surface area contributed by atoms with E-state index in [1.54, 1.807) is 0 Å². The Hall–Kier alpha value is -1.14. The number of nitrogens with one attached hydrogen (secondary N) is 2. The SMILES string of the molecule is CC1(OCC(=O)NC2CCCCCC2C(=O)O)CNC1. The van der Waals surface area contributed by atoms with Crippen molar-refractivity contribution in [2.75, 3.05) is 19.7 Å². The van der Waals surface area contributed by atoms with Gasteiger partial charge in [-0.2, -0.15) is 0 Å². The van der Waals surface area contributed by atoms with Crippen molar-refractivity contribution in [3.05, 3.63) is 0 Å². The summed E-state index contributed by atoms with van der Waals surface area (Å²) < 4.78 is 5.57. The van der Waals surface area contributed by atoms with E-state index in [0.29, 0.717) is 6.42 Å². The summed E-state index contributed by atoms with van der Waals surface area (Å²) in [6, 6.07) is -0.265. The smallest absolute Gasteiger partial charge is 0.308 e. The highest BCUT2D eigenvalue weighted by Gasteiger charge is 2.34. The second kappa shape index (κ2) is 6.54. The molecule has 0 aromatic heterocycles. The number of rotatable bonds is 5. The van der Waals surface area contributed by atoms with Gasteiger partial charge in [0.05, 0.1) is 11.5 Å². The van der Waals surface area contributed by atoms with Gasteiger partial charge in [0.25, 0.3) is 0 Å². The van der Waals surface area contributed by atoms with E-state index in [4.69, 9.17) is 4.74 Å². The Labute approximate surface area is 119 Å². The average molecular weight is 284 g/mol. The zero-order chi connectivity index (χ0) is 14.6. The molecule has 0 spiro atoms. The van der Waals surface area contributed by atoms with Gasteiger partial charge < -0.3 is 20.5 Å². The molecule has 1 aliphatic heterocycles. The van der Waals surface area contributed by atoms with Crippen LogP contribution >= 0.6 is 0 Å². The van der Waals surface area contributed by atoms with E-state index in [0.717, 1.165) is 38.8 Å². The maximum absolute atomic E-state index is 11.9. The maximum Gasteiger partial charge on any atom is 0.308 e. The molecule has 6 nitrogen and oxygen atoms in total. The molecular formula is C14H24N2O4. The molecule has 3 N–H and O–H groups in total. The number of carboxylic acid groups (broad SMARTS) is 1. The second-order valence-electron chi connectivity index (χ2n) is 6.10. The van der Waals surface area contributed by atoms with Crippen LogP contribution in [0.5, 0.6) is 0 Å². The molecule has 0 radical (unpaired) electrons. The zero-order valence-corrected chi connectivity index (χ0v) is 12.0. The number of carbonyl (C=O) groups excluding carboxylic acids is 1. The van der Waals surface area contributed by atoms with Crippen molar-refractivity contribution in [2.45, 2.75) is 50.7 Å². The summed E-state index contributed by atoms with van der Waals surface area (Å²) in [5.41, 5.74) is -0.257. The molecule has 1 saturated carbocycles. The van der Waals surface area contributed by atoms with Crippen LogP contribution in [0, 0.1) is 5.92 Å². The van der Waals surface area contributed by atoms with Crippen LogP contribution in [0.25, 0.3) is 0 Å². The molecule has 1 amide bonds. The van der Waals surface area contributed by atoms with Crippen molar-refractivity contribution in [1.29, 1.82) is 0 Å². The summed E-state index contributed by atoms with van der Waals surface area (Å²) in [7, 11) is 0. The lowest BCUT2D eigenvalue weighted by molar-refractivity contribution is -0.144. The van der Waals surface area contributed by atoms with Crippen LogP contribution in [0.15, 0.2) is 0 Å². The van der Waals surface area contributed by atoms with E-state index in [1.165, 1.54) is 0 Å². The van der Waals surface area contributed by atoms with E-state index < -0.39 is 11.9 Å². The third kappa shape index (κ3) is 3.93. The van der Waals surface area contributed by atoms with Crippen molar-refractivity contribution in [3.8, 4) is 0 Å². The first-order chi connectivity index (χ1) is 9.50. The Morgan fingerprint density at radius 3 is 2.60 bits per heavy atom. The highest BCUT2D eigenvalue weighted by Crippen LogP contribution is 2.24. The first kappa shape index (κ1) is 15.3. The fraction of sp³-hybridized carbons (Fsp3) is 0.857. The molecule has 2 fully saturated rings. The Balaban J connectivity index is 1.82. The number of aliphatic carboxylic acids is 1. The van der Waals surface area contributed by atoms with Crippen molar-refractivity contribution in [1.82, 2.24) is 10.6 Å². The van der Waals surface area contributed by atoms with Gasteiger partial charge in [0.2, 0.25) is 5.91 Å². The predicted octanol–water partition coefficient (Wildman–Crippen LogP) is 0.515. The third-order valence-electron chi connectivity index (χ3n) is 4.23. The molecular weight excluding hydrogens is 260 g/mol. The quantitative estimate of drug-likeness (QED) is 0.640. The van der Waals surface area contributed by atoms with E-state index in [2.05, 4.69) is 10.6 Å². The van der Waals surface area contributed by atoms with Crippen molar-refractivity contribution in [3.63, 3.8) is 0 Å². The molecule has 6 heteroatoms. The van der Waals surface area contributed by atoms with Gasteiger partial charge in [-0.25, -0.2) is 0 Å². The Bertz CT molecular complexity index is 368. The molecule has 1 aliphatic carbocycles. The van der Waals surface area contributed by atoms with Gasteiger partial charge in [0.1, 0.15) is 6.61 Å². The van der Waals surface area contributed by atoms with Crippen LogP contribution in [0.4, 0.5) is 0 Å². The fourth-order valence-corrected chi connectivity index (χ4v) is 2.84. The normalized spacial score (nSPS) is 29.1. The van der Waals surface area contributed by atoms with Crippen molar-refractivity contribution < 1.29 is 19.4 Å². The molecule has 2 aliphatic rings. The number of amides is 1. The lowest BCUT2D eigenvalue weighted by atomic mass is 9.95. The molecule has 2 atom stereocenters.